The fourth-order valence-corrected chi connectivity index (χ4v) is 3.25. The van der Waals surface area contributed by atoms with Crippen molar-refractivity contribution in [3.8, 4) is 0 Å². The van der Waals surface area contributed by atoms with E-state index in [1.54, 1.807) is 4.90 Å². The molecule has 1 aliphatic rings. The van der Waals surface area contributed by atoms with E-state index in [2.05, 4.69) is 0 Å². The van der Waals surface area contributed by atoms with Crippen molar-refractivity contribution in [1.29, 1.82) is 0 Å². The first-order chi connectivity index (χ1) is 12.5. The number of ketones is 1. The van der Waals surface area contributed by atoms with E-state index < -0.39 is 11.7 Å². The predicted octanol–water partition coefficient (Wildman–Crippen LogP) is 2.37. The molecule has 0 bridgehead atoms. The van der Waals surface area contributed by atoms with Gasteiger partial charge in [-0.1, -0.05) is 48.0 Å². The smallest absolute Gasteiger partial charge is 0.290 e. The molecule has 5 nitrogen and oxygen atoms in total. The fourth-order valence-electron chi connectivity index (χ4n) is 3.25. The molecular formula is C21H22N2O3. The van der Waals surface area contributed by atoms with Crippen LogP contribution in [-0.4, -0.2) is 41.6 Å². The number of carbonyl (C=O) groups is 3. The Kier molecular flexibility index (Phi) is 5.16. The van der Waals surface area contributed by atoms with Gasteiger partial charge in [-0.15, -0.1) is 0 Å². The Bertz CT molecular complexity index is 815. The molecule has 1 fully saturated rings. The minimum atomic E-state index is -0.595. The quantitative estimate of drug-likeness (QED) is 0.796. The van der Waals surface area contributed by atoms with Gasteiger partial charge < -0.3 is 9.80 Å². The monoisotopic (exact) mass is 350 g/mol. The molecule has 0 saturated carbocycles. The first-order valence-corrected chi connectivity index (χ1v) is 8.68. The molecule has 26 heavy (non-hydrogen) atoms. The highest BCUT2D eigenvalue weighted by Crippen LogP contribution is 2.23. The summed E-state index contributed by atoms with van der Waals surface area (Å²) in [6, 6.07) is 17.3. The zero-order valence-corrected chi connectivity index (χ0v) is 15.0. The van der Waals surface area contributed by atoms with Crippen LogP contribution in [0.5, 0.6) is 0 Å². The third-order valence-corrected chi connectivity index (χ3v) is 4.66. The van der Waals surface area contributed by atoms with Gasteiger partial charge in [0.1, 0.15) is 6.54 Å². The summed E-state index contributed by atoms with van der Waals surface area (Å²) in [4.78, 5) is 39.7. The molecule has 0 radical (unpaired) electrons. The summed E-state index contributed by atoms with van der Waals surface area (Å²) >= 11 is 0. The van der Waals surface area contributed by atoms with Gasteiger partial charge in [0.05, 0.1) is 6.04 Å². The molecule has 0 N–H and O–H groups in total. The lowest BCUT2D eigenvalue weighted by molar-refractivity contribution is -0.147. The first-order valence-electron chi connectivity index (χ1n) is 8.68. The predicted molar refractivity (Wildman–Crippen MR) is 99.9 cm³/mol. The van der Waals surface area contributed by atoms with Crippen LogP contribution < -0.4 is 4.90 Å². The summed E-state index contributed by atoms with van der Waals surface area (Å²) in [5.74, 6) is -1.31. The van der Waals surface area contributed by atoms with Gasteiger partial charge in [-0.3, -0.25) is 14.4 Å². The van der Waals surface area contributed by atoms with Crippen molar-refractivity contribution in [3.63, 3.8) is 0 Å². The number of carbonyl (C=O) groups excluding carboxylic acids is 3. The van der Waals surface area contributed by atoms with E-state index in [1.807, 2.05) is 61.5 Å². The van der Waals surface area contributed by atoms with Crippen LogP contribution in [0.3, 0.4) is 0 Å². The number of Topliss-reactive ketones (excluding diaryl/α,β-unsaturated/α-hetero) is 1. The van der Waals surface area contributed by atoms with Crippen LogP contribution >= 0.6 is 0 Å². The normalized spacial score (nSPS) is 17.3. The average molecular weight is 350 g/mol. The molecule has 2 amide bonds. The summed E-state index contributed by atoms with van der Waals surface area (Å²) in [5, 5.41) is 0. The van der Waals surface area contributed by atoms with Crippen LogP contribution in [0.4, 0.5) is 5.69 Å². The molecule has 0 aliphatic carbocycles. The fraction of sp³-hybridized carbons (Fsp3) is 0.286. The molecule has 1 saturated heterocycles. The number of hydrogen-bond acceptors (Lipinski definition) is 3. The van der Waals surface area contributed by atoms with E-state index in [0.717, 1.165) is 16.8 Å². The van der Waals surface area contributed by atoms with E-state index in [9.17, 15) is 14.4 Å². The lowest BCUT2D eigenvalue weighted by Crippen LogP contribution is -2.60. The standard InChI is InChI=1S/C21H22N2O3/c1-15-8-10-18(11-9-15)22-13-19(12-17-6-4-3-5-7-17)23(14-20(22)25)21(26)16(2)24/h3-11,19H,12-14H2,1-2H3. The molecular weight excluding hydrogens is 328 g/mol. The Morgan fingerprint density at radius 2 is 1.69 bits per heavy atom. The van der Waals surface area contributed by atoms with E-state index in [1.165, 1.54) is 11.8 Å². The van der Waals surface area contributed by atoms with Crippen LogP contribution in [0.15, 0.2) is 54.6 Å². The van der Waals surface area contributed by atoms with Crippen molar-refractivity contribution in [2.45, 2.75) is 26.3 Å². The van der Waals surface area contributed by atoms with Crippen LogP contribution in [0.2, 0.25) is 0 Å². The molecule has 2 aromatic carbocycles. The van der Waals surface area contributed by atoms with Gasteiger partial charge in [0.15, 0.2) is 0 Å². The summed E-state index contributed by atoms with van der Waals surface area (Å²) in [7, 11) is 0. The maximum absolute atomic E-state index is 12.6. The van der Waals surface area contributed by atoms with Gasteiger partial charge in [0.2, 0.25) is 11.7 Å². The Morgan fingerprint density at radius 1 is 1.04 bits per heavy atom. The van der Waals surface area contributed by atoms with Gasteiger partial charge in [0.25, 0.3) is 5.91 Å². The van der Waals surface area contributed by atoms with Crippen molar-refractivity contribution in [1.82, 2.24) is 4.90 Å². The van der Waals surface area contributed by atoms with E-state index in [-0.39, 0.29) is 18.5 Å². The Balaban J connectivity index is 1.88. The van der Waals surface area contributed by atoms with Gasteiger partial charge in [-0.05, 0) is 31.0 Å². The molecule has 1 unspecified atom stereocenters. The number of anilines is 1. The highest BCUT2D eigenvalue weighted by Gasteiger charge is 2.36. The molecule has 1 atom stereocenters. The molecule has 1 aliphatic heterocycles. The Hall–Kier alpha value is -2.95. The first kappa shape index (κ1) is 17.9. The van der Waals surface area contributed by atoms with Crippen molar-refractivity contribution in [2.24, 2.45) is 0 Å². The van der Waals surface area contributed by atoms with Crippen LogP contribution in [0, 0.1) is 6.92 Å². The number of hydrogen-bond donors (Lipinski definition) is 0. The Morgan fingerprint density at radius 3 is 2.31 bits per heavy atom. The molecule has 3 rings (SSSR count). The largest absolute Gasteiger partial charge is 0.322 e. The van der Waals surface area contributed by atoms with Gasteiger partial charge in [0, 0.05) is 19.2 Å². The summed E-state index contributed by atoms with van der Waals surface area (Å²) < 4.78 is 0. The third-order valence-electron chi connectivity index (χ3n) is 4.66. The highest BCUT2D eigenvalue weighted by molar-refractivity contribution is 6.35. The molecule has 134 valence electrons. The van der Waals surface area contributed by atoms with Crippen molar-refractivity contribution >= 4 is 23.3 Å². The number of nitrogens with zero attached hydrogens (tertiary/aromatic N) is 2. The minimum Gasteiger partial charge on any atom is -0.322 e. The zero-order valence-electron chi connectivity index (χ0n) is 15.0. The maximum Gasteiger partial charge on any atom is 0.290 e. The highest BCUT2D eigenvalue weighted by atomic mass is 16.2. The molecule has 1 heterocycles. The SMILES string of the molecule is CC(=O)C(=O)N1CC(=O)N(c2ccc(C)cc2)CC1Cc1ccccc1. The number of aryl methyl sites for hydroxylation is 1. The average Bonchev–Trinajstić information content (AvgIpc) is 2.64. The third kappa shape index (κ3) is 3.82. The minimum absolute atomic E-state index is 0.0796. The molecule has 2 aromatic rings. The lowest BCUT2D eigenvalue weighted by atomic mass is 10.0. The molecule has 5 heteroatoms. The van der Waals surface area contributed by atoms with E-state index >= 15 is 0 Å². The Labute approximate surface area is 153 Å². The van der Waals surface area contributed by atoms with Gasteiger partial charge in [-0.25, -0.2) is 0 Å². The number of benzene rings is 2. The summed E-state index contributed by atoms with van der Waals surface area (Å²) in [5.41, 5.74) is 3.00. The van der Waals surface area contributed by atoms with Gasteiger partial charge >= 0.3 is 0 Å². The summed E-state index contributed by atoms with van der Waals surface area (Å²) in [6.45, 7) is 3.53. The second-order valence-corrected chi connectivity index (χ2v) is 6.67. The lowest BCUT2D eigenvalue weighted by Gasteiger charge is -2.40. The topological polar surface area (TPSA) is 57.7 Å². The van der Waals surface area contributed by atoms with Crippen molar-refractivity contribution < 1.29 is 14.4 Å². The second-order valence-electron chi connectivity index (χ2n) is 6.67. The van der Waals surface area contributed by atoms with Gasteiger partial charge in [-0.2, -0.15) is 0 Å². The van der Waals surface area contributed by atoms with Crippen LogP contribution in [-0.2, 0) is 20.8 Å². The zero-order chi connectivity index (χ0) is 18.7. The van der Waals surface area contributed by atoms with E-state index in [4.69, 9.17) is 0 Å². The van der Waals surface area contributed by atoms with Crippen LogP contribution in [0.1, 0.15) is 18.1 Å². The van der Waals surface area contributed by atoms with Crippen molar-refractivity contribution in [2.75, 3.05) is 18.0 Å². The number of rotatable bonds is 4. The summed E-state index contributed by atoms with van der Waals surface area (Å²) in [6.07, 6.45) is 0.593. The second kappa shape index (κ2) is 7.52. The van der Waals surface area contributed by atoms with Crippen molar-refractivity contribution in [3.05, 3.63) is 65.7 Å². The molecule has 0 spiro atoms. The number of piperazine rings is 1. The maximum atomic E-state index is 12.6. The van der Waals surface area contributed by atoms with Crippen LogP contribution in [0.25, 0.3) is 0 Å². The number of amides is 2. The molecule has 0 aromatic heterocycles. The van der Waals surface area contributed by atoms with E-state index in [0.29, 0.717) is 13.0 Å².